The summed E-state index contributed by atoms with van der Waals surface area (Å²) in [5.74, 6) is 0. The van der Waals surface area contributed by atoms with Crippen molar-refractivity contribution < 1.29 is 17.4 Å². The van der Waals surface area contributed by atoms with Gasteiger partial charge < -0.3 is 0 Å². The summed E-state index contributed by atoms with van der Waals surface area (Å²) in [5, 5.41) is 0. The van der Waals surface area contributed by atoms with Crippen LogP contribution in [0.1, 0.15) is 0 Å². The first-order chi connectivity index (χ1) is 2.79. The van der Waals surface area contributed by atoms with Crippen molar-refractivity contribution in [3.63, 3.8) is 0 Å². The van der Waals surface area contributed by atoms with Gasteiger partial charge in [-0.1, -0.05) is 0 Å². The zero-order chi connectivity index (χ0) is 4.57. The normalized spacial score (nSPS) is 18.0. The molecule has 0 spiro atoms. The molecule has 1 heterocycles. The van der Waals surface area contributed by atoms with Gasteiger partial charge in [0.05, 0.1) is 0 Å². The standard InChI is InChI=1S/CO4S.Na/c2-1-4-6(3)5-1;. The molecule has 1 aliphatic rings. The van der Waals surface area contributed by atoms with Crippen molar-refractivity contribution in [3.8, 4) is 0 Å². The Labute approximate surface area is 64.3 Å². The summed E-state index contributed by atoms with van der Waals surface area (Å²) < 4.78 is 17.1. The smallest absolute Gasteiger partial charge is 0.299 e. The number of hydrogen-bond donors (Lipinski definition) is 0. The largest absolute Gasteiger partial charge is 0.541 e. The summed E-state index contributed by atoms with van der Waals surface area (Å²) >= 11 is -1.77. The van der Waals surface area contributed by atoms with Crippen LogP contribution in [0.2, 0.25) is 0 Å². The first-order valence-corrected chi connectivity index (χ1v) is 2.11. The van der Waals surface area contributed by atoms with Crippen LogP contribution in [0.25, 0.3) is 0 Å². The minimum Gasteiger partial charge on any atom is -0.299 e. The van der Waals surface area contributed by atoms with Crippen LogP contribution in [-0.4, -0.2) is 39.9 Å². The Hall–Kier alpha value is 0.420. The molecule has 6 heteroatoms. The van der Waals surface area contributed by atoms with Gasteiger partial charge in [-0.2, -0.15) is 4.21 Å². The van der Waals surface area contributed by atoms with Gasteiger partial charge in [0.2, 0.25) is 0 Å². The van der Waals surface area contributed by atoms with Crippen molar-refractivity contribution in [3.05, 3.63) is 0 Å². The summed E-state index contributed by atoms with van der Waals surface area (Å²) in [6, 6.07) is 0. The maximum atomic E-state index is 9.56. The Bertz CT molecular complexity index is 88.3. The minimum atomic E-state index is -1.77. The molecule has 0 amide bonds. The van der Waals surface area contributed by atoms with E-state index in [1.54, 1.807) is 0 Å². The third kappa shape index (κ3) is 1.77. The molecule has 7 heavy (non-hydrogen) atoms. The summed E-state index contributed by atoms with van der Waals surface area (Å²) in [6.45, 7) is 0. The Kier molecular flexibility index (Phi) is 2.82. The Balaban J connectivity index is 0.000000360. The molecule has 0 aromatic heterocycles. The van der Waals surface area contributed by atoms with Crippen molar-refractivity contribution >= 4 is 47.1 Å². The quantitative estimate of drug-likeness (QED) is 0.410. The average Bonchev–Trinajstić information content (AvgIpc) is 1.33. The van der Waals surface area contributed by atoms with Crippen LogP contribution >= 0.6 is 0 Å². The van der Waals surface area contributed by atoms with Gasteiger partial charge in [0.25, 0.3) is 0 Å². The first kappa shape index (κ1) is 7.42. The molecule has 0 unspecified atom stereocenters. The van der Waals surface area contributed by atoms with Crippen molar-refractivity contribution in [1.82, 2.24) is 0 Å². The van der Waals surface area contributed by atoms with Gasteiger partial charge in [-0.25, -0.2) is 4.79 Å². The van der Waals surface area contributed by atoms with E-state index in [-0.39, 0.29) is 29.6 Å². The van der Waals surface area contributed by atoms with E-state index in [0.29, 0.717) is 0 Å². The second-order valence-electron chi connectivity index (χ2n) is 0.621. The molecule has 4 nitrogen and oxygen atoms in total. The summed E-state index contributed by atoms with van der Waals surface area (Å²) in [6.07, 6.45) is -0.867. The molecule has 0 N–H and O–H groups in total. The molecule has 0 aliphatic carbocycles. The maximum Gasteiger partial charge on any atom is 0.541 e. The number of carbonyl (C=O) groups excluding carboxylic acids is 1. The second kappa shape index (κ2) is 2.66. The molecule has 0 aromatic carbocycles. The van der Waals surface area contributed by atoms with Crippen molar-refractivity contribution in [2.75, 3.05) is 0 Å². The van der Waals surface area contributed by atoms with E-state index in [0.717, 1.165) is 0 Å². The predicted octanol–water partition coefficient (Wildman–Crippen LogP) is -0.649. The van der Waals surface area contributed by atoms with E-state index < -0.39 is 17.5 Å². The molecular formula is CNaO4S. The van der Waals surface area contributed by atoms with Crippen LogP contribution in [0.4, 0.5) is 4.79 Å². The molecule has 0 atom stereocenters. The molecule has 1 radical (unpaired) electrons. The number of hydrogen-bond acceptors (Lipinski definition) is 4. The summed E-state index contributed by atoms with van der Waals surface area (Å²) in [4.78, 5) is 9.47. The second-order valence-corrected chi connectivity index (χ2v) is 1.36. The molecule has 1 rings (SSSR count). The molecule has 1 saturated heterocycles. The SMILES string of the molecule is O=C1OS(=O)O1.[Na]. The maximum absolute atomic E-state index is 9.56. The first-order valence-electron chi connectivity index (χ1n) is 1.11. The van der Waals surface area contributed by atoms with Gasteiger partial charge in [0.15, 0.2) is 0 Å². The number of rotatable bonds is 0. The Morgan fingerprint density at radius 1 is 1.43 bits per heavy atom. The van der Waals surface area contributed by atoms with Gasteiger partial charge in [0, 0.05) is 29.6 Å². The van der Waals surface area contributed by atoms with E-state index in [1.165, 1.54) is 0 Å². The molecule has 0 bridgehead atoms. The van der Waals surface area contributed by atoms with Gasteiger partial charge in [0.1, 0.15) is 0 Å². The van der Waals surface area contributed by atoms with Crippen LogP contribution in [0.15, 0.2) is 0 Å². The van der Waals surface area contributed by atoms with Crippen molar-refractivity contribution in [2.45, 2.75) is 0 Å². The monoisotopic (exact) mass is 131 g/mol. The van der Waals surface area contributed by atoms with Gasteiger partial charge in [-0.05, 0) is 0 Å². The van der Waals surface area contributed by atoms with E-state index in [9.17, 15) is 9.00 Å². The van der Waals surface area contributed by atoms with Crippen molar-refractivity contribution in [2.24, 2.45) is 0 Å². The fourth-order valence-corrected chi connectivity index (χ4v) is 0.352. The molecule has 35 valence electrons. The van der Waals surface area contributed by atoms with Gasteiger partial charge in [-0.15, -0.1) is 0 Å². The number of carbonyl (C=O) groups is 1. The summed E-state index contributed by atoms with van der Waals surface area (Å²) in [5.41, 5.74) is 0. The zero-order valence-electron chi connectivity index (χ0n) is 3.54. The topological polar surface area (TPSA) is 52.6 Å². The van der Waals surface area contributed by atoms with Gasteiger partial charge in [-0.3, -0.25) is 8.37 Å². The third-order valence-corrected chi connectivity index (χ3v) is 0.816. The van der Waals surface area contributed by atoms with Crippen LogP contribution in [0.5, 0.6) is 0 Å². The zero-order valence-corrected chi connectivity index (χ0v) is 6.36. The predicted molar refractivity (Wildman–Crippen MR) is 21.5 cm³/mol. The molecule has 0 aromatic rings. The molecular weight excluding hydrogens is 131 g/mol. The molecule has 0 saturated carbocycles. The van der Waals surface area contributed by atoms with Crippen LogP contribution in [-0.2, 0) is 19.7 Å². The van der Waals surface area contributed by atoms with E-state index in [1.807, 2.05) is 0 Å². The van der Waals surface area contributed by atoms with Crippen LogP contribution in [0, 0.1) is 0 Å². The van der Waals surface area contributed by atoms with Crippen LogP contribution < -0.4 is 0 Å². The Morgan fingerprint density at radius 3 is 1.86 bits per heavy atom. The minimum absolute atomic E-state index is 0. The van der Waals surface area contributed by atoms with Crippen molar-refractivity contribution in [1.29, 1.82) is 0 Å². The third-order valence-electron chi connectivity index (χ3n) is 0.272. The van der Waals surface area contributed by atoms with E-state index in [2.05, 4.69) is 8.37 Å². The van der Waals surface area contributed by atoms with Crippen LogP contribution in [0.3, 0.4) is 0 Å². The Morgan fingerprint density at radius 2 is 1.86 bits per heavy atom. The fourth-order valence-electron chi connectivity index (χ4n) is 0.117. The van der Waals surface area contributed by atoms with Gasteiger partial charge >= 0.3 is 17.5 Å². The molecule has 1 fully saturated rings. The fraction of sp³-hybridized carbons (Fsp3) is 0. The van der Waals surface area contributed by atoms with E-state index >= 15 is 0 Å². The molecule has 1 aliphatic heterocycles. The average molecular weight is 131 g/mol. The summed E-state index contributed by atoms with van der Waals surface area (Å²) in [7, 11) is 0. The van der Waals surface area contributed by atoms with E-state index in [4.69, 9.17) is 0 Å².